The van der Waals surface area contributed by atoms with Crippen molar-refractivity contribution in [1.29, 1.82) is 0 Å². The van der Waals surface area contributed by atoms with Crippen molar-refractivity contribution in [2.75, 3.05) is 20.3 Å². The van der Waals surface area contributed by atoms with Gasteiger partial charge in [0.1, 0.15) is 0 Å². The van der Waals surface area contributed by atoms with Crippen LogP contribution in [0.2, 0.25) is 0 Å². The maximum atomic E-state index is 5.90. The zero-order valence-electron chi connectivity index (χ0n) is 12.4. The van der Waals surface area contributed by atoms with E-state index < -0.39 is 0 Å². The van der Waals surface area contributed by atoms with Gasteiger partial charge in [0.25, 0.3) is 0 Å². The Kier molecular flexibility index (Phi) is 5.05. The average molecular weight is 253 g/mol. The van der Waals surface area contributed by atoms with Crippen LogP contribution in [0.3, 0.4) is 0 Å². The molecule has 0 aromatic heterocycles. The Hall–Kier alpha value is -0.120. The van der Waals surface area contributed by atoms with Crippen LogP contribution in [-0.2, 0) is 0 Å². The second-order valence-electron chi connectivity index (χ2n) is 6.76. The summed E-state index contributed by atoms with van der Waals surface area (Å²) in [5.41, 5.74) is 5.90. The summed E-state index contributed by atoms with van der Waals surface area (Å²) in [4.78, 5) is 5.14. The third-order valence-corrected chi connectivity index (χ3v) is 4.86. The molecule has 2 N–H and O–H groups in total. The van der Waals surface area contributed by atoms with Crippen LogP contribution < -0.4 is 5.73 Å². The Morgan fingerprint density at radius 1 is 1.33 bits per heavy atom. The summed E-state index contributed by atoms with van der Waals surface area (Å²) in [5.74, 6) is 0.918. The lowest BCUT2D eigenvalue weighted by Gasteiger charge is -2.28. The van der Waals surface area contributed by atoms with Crippen LogP contribution in [0.1, 0.15) is 52.4 Å². The van der Waals surface area contributed by atoms with Gasteiger partial charge in [-0.15, -0.1) is 0 Å². The molecule has 106 valence electrons. The summed E-state index contributed by atoms with van der Waals surface area (Å²) >= 11 is 0. The maximum absolute atomic E-state index is 5.90. The highest BCUT2D eigenvalue weighted by Gasteiger charge is 2.37. The van der Waals surface area contributed by atoms with Crippen molar-refractivity contribution in [3.8, 4) is 0 Å². The molecule has 5 atom stereocenters. The van der Waals surface area contributed by atoms with E-state index in [0.29, 0.717) is 6.04 Å². The van der Waals surface area contributed by atoms with E-state index in [1.165, 1.54) is 51.7 Å². The maximum Gasteiger partial charge on any atom is 0.0509 e. The molecule has 0 bridgehead atoms. The topological polar surface area (TPSA) is 32.3 Å². The lowest BCUT2D eigenvalue weighted by atomic mass is 9.90. The zero-order valence-corrected chi connectivity index (χ0v) is 12.4. The Balaban J connectivity index is 1.83. The lowest BCUT2D eigenvalue weighted by Crippen LogP contribution is -2.34. The van der Waals surface area contributed by atoms with Crippen molar-refractivity contribution in [3.63, 3.8) is 0 Å². The number of nitrogens with two attached hydrogens (primary N) is 1. The predicted molar refractivity (Wildman–Crippen MR) is 77.4 cm³/mol. The Labute approximate surface area is 113 Å². The third-order valence-electron chi connectivity index (χ3n) is 4.86. The van der Waals surface area contributed by atoms with E-state index in [-0.39, 0.29) is 0 Å². The fourth-order valence-electron chi connectivity index (χ4n) is 3.23. The summed E-state index contributed by atoms with van der Waals surface area (Å²) in [6.45, 7) is 7.01. The fraction of sp³-hybridized carbons (Fsp3) is 1.00. The quantitative estimate of drug-likeness (QED) is 0.783. The van der Waals surface area contributed by atoms with Crippen LogP contribution >= 0.6 is 0 Å². The molecule has 2 fully saturated rings. The second-order valence-corrected chi connectivity index (χ2v) is 6.76. The van der Waals surface area contributed by atoms with E-state index in [1.54, 1.807) is 0 Å². The van der Waals surface area contributed by atoms with Crippen molar-refractivity contribution < 1.29 is 0 Å². The van der Waals surface area contributed by atoms with Gasteiger partial charge in [-0.3, -0.25) is 9.80 Å². The number of hydrogen-bond donors (Lipinski definition) is 1. The van der Waals surface area contributed by atoms with Gasteiger partial charge in [0.15, 0.2) is 0 Å². The van der Waals surface area contributed by atoms with Gasteiger partial charge >= 0.3 is 0 Å². The predicted octanol–water partition coefficient (Wildman–Crippen LogP) is 2.27. The molecule has 2 saturated heterocycles. The second kappa shape index (κ2) is 6.36. The summed E-state index contributed by atoms with van der Waals surface area (Å²) < 4.78 is 0. The number of hydrogen-bond acceptors (Lipinski definition) is 3. The van der Waals surface area contributed by atoms with Gasteiger partial charge in [-0.2, -0.15) is 0 Å². The van der Waals surface area contributed by atoms with Crippen LogP contribution in [0.4, 0.5) is 0 Å². The summed E-state index contributed by atoms with van der Waals surface area (Å²) in [5, 5.41) is 0. The minimum atomic E-state index is 0.376. The monoisotopic (exact) mass is 253 g/mol. The number of fused-ring (bicyclic) bond motifs is 1. The minimum Gasteiger partial charge on any atom is -0.328 e. The third kappa shape index (κ3) is 4.22. The first-order valence-corrected chi connectivity index (χ1v) is 7.76. The first-order valence-electron chi connectivity index (χ1n) is 7.76. The highest BCUT2D eigenvalue weighted by molar-refractivity contribution is 4.91. The molecular formula is C15H31N3. The van der Waals surface area contributed by atoms with Crippen LogP contribution in [0, 0.1) is 5.92 Å². The molecule has 2 aliphatic heterocycles. The highest BCUT2D eigenvalue weighted by atomic mass is 15.4. The molecular weight excluding hydrogens is 222 g/mol. The van der Waals surface area contributed by atoms with Gasteiger partial charge in [-0.05, 0) is 52.5 Å². The largest absolute Gasteiger partial charge is 0.328 e. The van der Waals surface area contributed by atoms with Crippen molar-refractivity contribution >= 4 is 0 Å². The van der Waals surface area contributed by atoms with E-state index in [2.05, 4.69) is 30.7 Å². The molecule has 0 aromatic carbocycles. The molecule has 0 radical (unpaired) electrons. The lowest BCUT2D eigenvalue weighted by molar-refractivity contribution is 0.169. The molecule has 2 unspecified atom stereocenters. The zero-order chi connectivity index (χ0) is 13.1. The Morgan fingerprint density at radius 3 is 2.83 bits per heavy atom. The van der Waals surface area contributed by atoms with Gasteiger partial charge in [0.05, 0.1) is 6.67 Å². The van der Waals surface area contributed by atoms with E-state index in [1.807, 2.05) is 0 Å². The summed E-state index contributed by atoms with van der Waals surface area (Å²) in [6.07, 6.45) is 8.11. The van der Waals surface area contributed by atoms with E-state index in [9.17, 15) is 0 Å². The van der Waals surface area contributed by atoms with Crippen molar-refractivity contribution in [3.05, 3.63) is 0 Å². The first kappa shape index (κ1) is 14.3. The Morgan fingerprint density at radius 2 is 2.11 bits per heavy atom. The van der Waals surface area contributed by atoms with Gasteiger partial charge in [-0.1, -0.05) is 12.8 Å². The van der Waals surface area contributed by atoms with E-state index >= 15 is 0 Å². The minimum absolute atomic E-state index is 0.376. The average Bonchev–Trinajstić information content (AvgIpc) is 3.03. The summed E-state index contributed by atoms with van der Waals surface area (Å²) in [6, 6.07) is 1.98. The molecule has 2 aliphatic rings. The number of nitrogens with zero attached hydrogens (tertiary/aromatic N) is 2. The molecule has 0 aromatic rings. The van der Waals surface area contributed by atoms with Gasteiger partial charge in [0.2, 0.25) is 0 Å². The van der Waals surface area contributed by atoms with Crippen molar-refractivity contribution in [1.82, 2.24) is 9.80 Å². The molecule has 3 heteroatoms. The summed E-state index contributed by atoms with van der Waals surface area (Å²) in [7, 11) is 2.27. The Bertz CT molecular complexity index is 254. The first-order chi connectivity index (χ1) is 8.56. The number of rotatable bonds is 3. The van der Waals surface area contributed by atoms with E-state index in [4.69, 9.17) is 5.73 Å². The molecule has 3 nitrogen and oxygen atoms in total. The molecule has 0 aliphatic carbocycles. The van der Waals surface area contributed by atoms with Gasteiger partial charge in [-0.25, -0.2) is 0 Å². The molecule has 0 amide bonds. The van der Waals surface area contributed by atoms with Gasteiger partial charge in [0, 0.05) is 24.7 Å². The van der Waals surface area contributed by atoms with E-state index in [0.717, 1.165) is 18.0 Å². The standard InChI is InChI=1S/C15H31N3/c1-12(16)7-8-14-6-4-5-13(2)17(3)11-18-10-15(18)9-14/h12-15H,4-11,16H2,1-3H3/t12-,13?,14?,15-,18-/m0/s1. The van der Waals surface area contributed by atoms with Crippen LogP contribution in [0.15, 0.2) is 0 Å². The molecule has 2 heterocycles. The van der Waals surface area contributed by atoms with Crippen LogP contribution in [0.25, 0.3) is 0 Å². The van der Waals surface area contributed by atoms with Crippen molar-refractivity contribution in [2.24, 2.45) is 11.7 Å². The molecule has 18 heavy (non-hydrogen) atoms. The molecule has 0 saturated carbocycles. The van der Waals surface area contributed by atoms with Crippen LogP contribution in [0.5, 0.6) is 0 Å². The molecule has 0 spiro atoms. The van der Waals surface area contributed by atoms with Crippen LogP contribution in [-0.4, -0.2) is 48.2 Å². The van der Waals surface area contributed by atoms with Crippen molar-refractivity contribution in [2.45, 2.75) is 70.5 Å². The normalized spacial score (nSPS) is 40.0. The fourth-order valence-corrected chi connectivity index (χ4v) is 3.23. The smallest absolute Gasteiger partial charge is 0.0509 e. The SMILES string of the molecule is CC1CCCC(CC[C@H](C)N)C[C@H]2C[N@@]2CN1C. The van der Waals surface area contributed by atoms with Gasteiger partial charge < -0.3 is 5.73 Å². The highest BCUT2D eigenvalue weighted by Crippen LogP contribution is 2.31. The molecule has 2 rings (SSSR count).